The van der Waals surface area contributed by atoms with Gasteiger partial charge < -0.3 is 10.1 Å². The summed E-state index contributed by atoms with van der Waals surface area (Å²) < 4.78 is 34.7. The zero-order valence-corrected chi connectivity index (χ0v) is 21.0. The third-order valence-electron chi connectivity index (χ3n) is 6.63. The molecule has 2 fully saturated rings. The summed E-state index contributed by atoms with van der Waals surface area (Å²) >= 11 is 1.37. The Morgan fingerprint density at radius 2 is 1.82 bits per heavy atom. The molecule has 0 saturated heterocycles. The van der Waals surface area contributed by atoms with Crippen LogP contribution in [0.2, 0.25) is 0 Å². The molecule has 2 aliphatic rings. The molecule has 1 aromatic heterocycles. The number of aryl methyl sites for hydroxylation is 1. The van der Waals surface area contributed by atoms with Gasteiger partial charge in [-0.05, 0) is 62.3 Å². The summed E-state index contributed by atoms with van der Waals surface area (Å²) in [6, 6.07) is 5.13. The van der Waals surface area contributed by atoms with Crippen molar-refractivity contribution in [1.29, 1.82) is 0 Å². The van der Waals surface area contributed by atoms with Crippen LogP contribution >= 0.6 is 11.3 Å². The third kappa shape index (κ3) is 5.94. The van der Waals surface area contributed by atoms with Crippen molar-refractivity contribution in [3.63, 3.8) is 0 Å². The lowest BCUT2D eigenvalue weighted by atomic mass is 9.96. The van der Waals surface area contributed by atoms with Gasteiger partial charge >= 0.3 is 0 Å². The number of sulfonamides is 1. The molecule has 0 radical (unpaired) electrons. The molecule has 0 atom stereocenters. The highest BCUT2D eigenvalue weighted by molar-refractivity contribution is 7.89. The SMILES string of the molecule is COc1ccc(-c2sc(NC(=O)CC3CCCC3)nc2C)cc1S(=O)(=O)NC1CCCCC1. The first-order valence-electron chi connectivity index (χ1n) is 11.8. The van der Waals surface area contributed by atoms with Crippen molar-refractivity contribution in [3.8, 4) is 16.2 Å². The summed E-state index contributed by atoms with van der Waals surface area (Å²) in [6.07, 6.45) is 10.1. The van der Waals surface area contributed by atoms with E-state index in [4.69, 9.17) is 4.74 Å². The van der Waals surface area contributed by atoms with Gasteiger partial charge in [0.15, 0.2) is 5.13 Å². The number of ether oxygens (including phenoxy) is 1. The molecule has 2 aliphatic carbocycles. The molecule has 33 heavy (non-hydrogen) atoms. The number of nitrogens with zero attached hydrogens (tertiary/aromatic N) is 1. The van der Waals surface area contributed by atoms with E-state index in [9.17, 15) is 13.2 Å². The average Bonchev–Trinajstić information content (AvgIpc) is 3.43. The number of amides is 1. The molecular weight excluding hydrogens is 458 g/mol. The number of carbonyl (C=O) groups excluding carboxylic acids is 1. The number of hydrogen-bond donors (Lipinski definition) is 2. The monoisotopic (exact) mass is 491 g/mol. The maximum absolute atomic E-state index is 13.2. The molecule has 0 spiro atoms. The number of benzene rings is 1. The second kappa shape index (κ2) is 10.5. The van der Waals surface area contributed by atoms with Gasteiger partial charge in [-0.2, -0.15) is 0 Å². The highest BCUT2D eigenvalue weighted by Crippen LogP contribution is 2.37. The van der Waals surface area contributed by atoms with Gasteiger partial charge in [-0.25, -0.2) is 18.1 Å². The van der Waals surface area contributed by atoms with Gasteiger partial charge in [0, 0.05) is 12.5 Å². The smallest absolute Gasteiger partial charge is 0.244 e. The quantitative estimate of drug-likeness (QED) is 0.525. The summed E-state index contributed by atoms with van der Waals surface area (Å²) in [5.41, 5.74) is 1.50. The first-order valence-corrected chi connectivity index (χ1v) is 14.1. The molecule has 1 heterocycles. The number of thiazole rings is 1. The summed E-state index contributed by atoms with van der Waals surface area (Å²) in [5.74, 6) is 0.780. The Hall–Kier alpha value is -1.97. The minimum atomic E-state index is -3.73. The Morgan fingerprint density at radius 3 is 2.52 bits per heavy atom. The fraction of sp³-hybridized carbons (Fsp3) is 0.583. The number of hydrogen-bond acceptors (Lipinski definition) is 6. The lowest BCUT2D eigenvalue weighted by Gasteiger charge is -2.23. The summed E-state index contributed by atoms with van der Waals surface area (Å²) in [6.45, 7) is 1.87. The Kier molecular flexibility index (Phi) is 7.71. The molecule has 180 valence electrons. The van der Waals surface area contributed by atoms with Crippen LogP contribution in [0.3, 0.4) is 0 Å². The highest BCUT2D eigenvalue weighted by Gasteiger charge is 2.26. The molecule has 0 aliphatic heterocycles. The van der Waals surface area contributed by atoms with Crippen molar-refractivity contribution in [2.24, 2.45) is 5.92 Å². The number of aromatic nitrogens is 1. The van der Waals surface area contributed by atoms with Gasteiger partial charge in [-0.15, -0.1) is 0 Å². The summed E-state index contributed by atoms with van der Waals surface area (Å²) in [7, 11) is -2.26. The van der Waals surface area contributed by atoms with Gasteiger partial charge in [0.25, 0.3) is 0 Å². The van der Waals surface area contributed by atoms with E-state index in [2.05, 4.69) is 15.0 Å². The molecule has 4 rings (SSSR count). The molecule has 9 heteroatoms. The van der Waals surface area contributed by atoms with Crippen molar-refractivity contribution in [2.75, 3.05) is 12.4 Å². The summed E-state index contributed by atoms with van der Waals surface area (Å²) in [4.78, 5) is 17.9. The maximum atomic E-state index is 13.2. The van der Waals surface area contributed by atoms with Crippen LogP contribution in [0.25, 0.3) is 10.4 Å². The minimum absolute atomic E-state index is 0.00289. The molecule has 0 bridgehead atoms. The molecule has 1 aromatic carbocycles. The molecule has 2 N–H and O–H groups in total. The summed E-state index contributed by atoms with van der Waals surface area (Å²) in [5, 5.41) is 3.48. The fourth-order valence-corrected chi connectivity index (χ4v) is 7.37. The zero-order valence-electron chi connectivity index (χ0n) is 19.4. The zero-order chi connectivity index (χ0) is 23.4. The number of nitrogens with one attached hydrogen (secondary N) is 2. The standard InChI is InChI=1S/C24H33N3O4S2/c1-16-23(32-24(25-16)26-22(28)14-17-8-6-7-9-17)18-12-13-20(31-2)21(15-18)33(29,30)27-19-10-4-3-5-11-19/h12-13,15,17,19,27H,3-11,14H2,1-2H3,(H,25,26,28). The van der Waals surface area contributed by atoms with E-state index < -0.39 is 10.0 Å². The van der Waals surface area contributed by atoms with E-state index >= 15 is 0 Å². The third-order valence-corrected chi connectivity index (χ3v) is 9.30. The van der Waals surface area contributed by atoms with Crippen LogP contribution in [-0.2, 0) is 14.8 Å². The second-order valence-electron chi connectivity index (χ2n) is 9.16. The van der Waals surface area contributed by atoms with Crippen molar-refractivity contribution in [2.45, 2.75) is 82.1 Å². The average molecular weight is 492 g/mol. The lowest BCUT2D eigenvalue weighted by Crippen LogP contribution is -2.36. The Labute approximate surface area is 200 Å². The van der Waals surface area contributed by atoms with E-state index in [0.717, 1.165) is 61.1 Å². The van der Waals surface area contributed by atoms with Crippen molar-refractivity contribution >= 4 is 32.4 Å². The topological polar surface area (TPSA) is 97.4 Å². The number of carbonyl (C=O) groups is 1. The van der Waals surface area contributed by atoms with Crippen molar-refractivity contribution < 1.29 is 17.9 Å². The predicted octanol–water partition coefficient (Wildman–Crippen LogP) is 5.26. The normalized spacial score (nSPS) is 17.9. The van der Waals surface area contributed by atoms with E-state index in [-0.39, 0.29) is 16.8 Å². The van der Waals surface area contributed by atoms with Gasteiger partial charge in [-0.1, -0.05) is 43.4 Å². The lowest BCUT2D eigenvalue weighted by molar-refractivity contribution is -0.117. The van der Waals surface area contributed by atoms with Gasteiger partial charge in [0.1, 0.15) is 10.6 Å². The number of anilines is 1. The highest BCUT2D eigenvalue weighted by atomic mass is 32.2. The molecule has 7 nitrogen and oxygen atoms in total. The minimum Gasteiger partial charge on any atom is -0.495 e. The molecular formula is C24H33N3O4S2. The van der Waals surface area contributed by atoms with Crippen molar-refractivity contribution in [1.82, 2.24) is 9.71 Å². The fourth-order valence-electron chi connectivity index (χ4n) is 4.90. The Morgan fingerprint density at radius 1 is 1.12 bits per heavy atom. The van der Waals surface area contributed by atoms with E-state index in [1.54, 1.807) is 12.1 Å². The van der Waals surface area contributed by atoms with Crippen LogP contribution in [0.5, 0.6) is 5.75 Å². The van der Waals surface area contributed by atoms with E-state index in [0.29, 0.717) is 23.2 Å². The maximum Gasteiger partial charge on any atom is 0.244 e. The predicted molar refractivity (Wildman–Crippen MR) is 131 cm³/mol. The first-order chi connectivity index (χ1) is 15.9. The molecule has 2 saturated carbocycles. The number of rotatable bonds is 8. The molecule has 1 amide bonds. The van der Waals surface area contributed by atoms with Gasteiger partial charge in [-0.3, -0.25) is 4.79 Å². The van der Waals surface area contributed by atoms with Gasteiger partial charge in [0.05, 0.1) is 17.7 Å². The molecule has 2 aromatic rings. The van der Waals surface area contributed by atoms with Crippen LogP contribution in [-0.4, -0.2) is 32.5 Å². The Bertz CT molecular complexity index is 1090. The van der Waals surface area contributed by atoms with Crippen molar-refractivity contribution in [3.05, 3.63) is 23.9 Å². The van der Waals surface area contributed by atoms with E-state index in [1.807, 2.05) is 13.0 Å². The second-order valence-corrected chi connectivity index (χ2v) is 11.8. The van der Waals surface area contributed by atoms with Crippen LogP contribution in [0, 0.1) is 12.8 Å². The van der Waals surface area contributed by atoms with E-state index in [1.165, 1.54) is 31.3 Å². The Balaban J connectivity index is 1.54. The van der Waals surface area contributed by atoms with Crippen LogP contribution in [0.4, 0.5) is 5.13 Å². The van der Waals surface area contributed by atoms with Crippen LogP contribution in [0.1, 0.15) is 69.9 Å². The van der Waals surface area contributed by atoms with Crippen LogP contribution in [0.15, 0.2) is 23.1 Å². The number of methoxy groups -OCH3 is 1. The molecule has 0 unspecified atom stereocenters. The van der Waals surface area contributed by atoms with Crippen LogP contribution < -0.4 is 14.8 Å². The largest absolute Gasteiger partial charge is 0.495 e. The van der Waals surface area contributed by atoms with Gasteiger partial charge in [0.2, 0.25) is 15.9 Å². The first kappa shape index (κ1) is 24.2.